The SMILES string of the molecule is CCC(OC(=O)c1ccn(-c2cccc(N)c2)n1)C(=O)O. The number of nitrogens with zero attached hydrogens (tertiary/aromatic N) is 2. The van der Waals surface area contributed by atoms with Crippen molar-refractivity contribution in [3.63, 3.8) is 0 Å². The number of benzene rings is 1. The summed E-state index contributed by atoms with van der Waals surface area (Å²) >= 11 is 0. The van der Waals surface area contributed by atoms with Crippen LogP contribution in [0, 0.1) is 0 Å². The van der Waals surface area contributed by atoms with Crippen molar-refractivity contribution in [1.29, 1.82) is 0 Å². The minimum absolute atomic E-state index is 0.0390. The van der Waals surface area contributed by atoms with Crippen molar-refractivity contribution in [1.82, 2.24) is 9.78 Å². The van der Waals surface area contributed by atoms with Crippen LogP contribution >= 0.6 is 0 Å². The maximum atomic E-state index is 11.8. The van der Waals surface area contributed by atoms with Crippen LogP contribution in [0.1, 0.15) is 23.8 Å². The van der Waals surface area contributed by atoms with E-state index in [0.717, 1.165) is 0 Å². The van der Waals surface area contributed by atoms with Crippen LogP contribution in [0.15, 0.2) is 36.5 Å². The van der Waals surface area contributed by atoms with Crippen molar-refractivity contribution in [2.24, 2.45) is 0 Å². The second-order valence-electron chi connectivity index (χ2n) is 4.38. The number of carbonyl (C=O) groups excluding carboxylic acids is 1. The first-order valence-electron chi connectivity index (χ1n) is 6.36. The molecule has 21 heavy (non-hydrogen) atoms. The smallest absolute Gasteiger partial charge is 0.359 e. The first kappa shape index (κ1) is 14.6. The minimum Gasteiger partial charge on any atom is -0.479 e. The number of esters is 1. The summed E-state index contributed by atoms with van der Waals surface area (Å²) in [6.45, 7) is 1.62. The summed E-state index contributed by atoms with van der Waals surface area (Å²) in [7, 11) is 0. The van der Waals surface area contributed by atoms with Crippen LogP contribution in [0.2, 0.25) is 0 Å². The molecule has 1 heterocycles. The number of anilines is 1. The van der Waals surface area contributed by atoms with Gasteiger partial charge in [-0.05, 0) is 30.7 Å². The first-order valence-corrected chi connectivity index (χ1v) is 6.36. The van der Waals surface area contributed by atoms with E-state index in [1.165, 1.54) is 10.7 Å². The van der Waals surface area contributed by atoms with Crippen molar-refractivity contribution in [3.8, 4) is 5.69 Å². The number of hydrogen-bond acceptors (Lipinski definition) is 5. The summed E-state index contributed by atoms with van der Waals surface area (Å²) in [6.07, 6.45) is 0.597. The Morgan fingerprint density at radius 2 is 2.19 bits per heavy atom. The molecule has 0 saturated carbocycles. The van der Waals surface area contributed by atoms with Gasteiger partial charge in [0.1, 0.15) is 0 Å². The number of hydrogen-bond donors (Lipinski definition) is 2. The van der Waals surface area contributed by atoms with Gasteiger partial charge in [0, 0.05) is 11.9 Å². The first-order chi connectivity index (χ1) is 10.0. The maximum absolute atomic E-state index is 11.8. The molecule has 1 unspecified atom stereocenters. The number of aliphatic carboxylic acids is 1. The van der Waals surface area contributed by atoms with E-state index >= 15 is 0 Å². The Labute approximate surface area is 120 Å². The molecule has 2 aromatic rings. The van der Waals surface area contributed by atoms with Crippen LogP contribution in [0.25, 0.3) is 5.69 Å². The van der Waals surface area contributed by atoms with E-state index in [4.69, 9.17) is 15.6 Å². The van der Waals surface area contributed by atoms with Crippen molar-refractivity contribution in [2.75, 3.05) is 5.73 Å². The lowest BCUT2D eigenvalue weighted by Crippen LogP contribution is -2.26. The molecule has 1 atom stereocenters. The van der Waals surface area contributed by atoms with Gasteiger partial charge < -0.3 is 15.6 Å². The lowest BCUT2D eigenvalue weighted by molar-refractivity contribution is -0.147. The molecule has 3 N–H and O–H groups in total. The number of nitrogens with two attached hydrogens (primary N) is 1. The van der Waals surface area contributed by atoms with Gasteiger partial charge in [0.25, 0.3) is 0 Å². The lowest BCUT2D eigenvalue weighted by Gasteiger charge is -2.09. The molecule has 2 rings (SSSR count). The highest BCUT2D eigenvalue weighted by Crippen LogP contribution is 2.12. The molecule has 0 bridgehead atoms. The Hall–Kier alpha value is -2.83. The number of carboxylic acids is 1. The van der Waals surface area contributed by atoms with E-state index in [1.807, 2.05) is 0 Å². The van der Waals surface area contributed by atoms with E-state index in [0.29, 0.717) is 11.4 Å². The highest BCUT2D eigenvalue weighted by Gasteiger charge is 2.22. The lowest BCUT2D eigenvalue weighted by atomic mass is 10.3. The van der Waals surface area contributed by atoms with E-state index < -0.39 is 18.0 Å². The molecule has 1 aromatic heterocycles. The maximum Gasteiger partial charge on any atom is 0.359 e. The van der Waals surface area contributed by atoms with Gasteiger partial charge in [-0.25, -0.2) is 14.3 Å². The molecule has 0 amide bonds. The van der Waals surface area contributed by atoms with Gasteiger partial charge in [0.15, 0.2) is 11.8 Å². The number of carbonyl (C=O) groups is 2. The fourth-order valence-corrected chi connectivity index (χ4v) is 1.74. The van der Waals surface area contributed by atoms with Crippen LogP contribution in [0.4, 0.5) is 5.69 Å². The zero-order chi connectivity index (χ0) is 15.4. The number of nitrogen functional groups attached to an aromatic ring is 1. The van der Waals surface area contributed by atoms with Gasteiger partial charge in [0.2, 0.25) is 0 Å². The van der Waals surface area contributed by atoms with Crippen LogP contribution < -0.4 is 5.73 Å². The Morgan fingerprint density at radius 3 is 2.81 bits per heavy atom. The zero-order valence-electron chi connectivity index (χ0n) is 11.4. The molecular formula is C14H15N3O4. The molecule has 7 nitrogen and oxygen atoms in total. The van der Waals surface area contributed by atoms with Gasteiger partial charge in [0.05, 0.1) is 5.69 Å². The summed E-state index contributed by atoms with van der Waals surface area (Å²) in [5.41, 5.74) is 6.99. The van der Waals surface area contributed by atoms with E-state index in [-0.39, 0.29) is 12.1 Å². The van der Waals surface area contributed by atoms with E-state index in [9.17, 15) is 9.59 Å². The monoisotopic (exact) mass is 289 g/mol. The van der Waals surface area contributed by atoms with Gasteiger partial charge in [-0.15, -0.1) is 0 Å². The average Bonchev–Trinajstić information content (AvgIpc) is 2.94. The topological polar surface area (TPSA) is 107 Å². The average molecular weight is 289 g/mol. The minimum atomic E-state index is -1.18. The van der Waals surface area contributed by atoms with Crippen molar-refractivity contribution in [2.45, 2.75) is 19.4 Å². The molecule has 0 spiro atoms. The summed E-state index contributed by atoms with van der Waals surface area (Å²) in [5, 5.41) is 12.9. The summed E-state index contributed by atoms with van der Waals surface area (Å²) in [6, 6.07) is 8.45. The molecule has 0 aliphatic heterocycles. The molecule has 0 saturated heterocycles. The van der Waals surface area contributed by atoms with Gasteiger partial charge >= 0.3 is 11.9 Å². The Bertz CT molecular complexity index is 666. The van der Waals surface area contributed by atoms with Gasteiger partial charge in [-0.3, -0.25) is 0 Å². The molecule has 7 heteroatoms. The van der Waals surface area contributed by atoms with Crippen molar-refractivity contribution >= 4 is 17.6 Å². The molecule has 0 aliphatic rings. The highest BCUT2D eigenvalue weighted by atomic mass is 16.6. The fourth-order valence-electron chi connectivity index (χ4n) is 1.74. The molecular weight excluding hydrogens is 274 g/mol. The third-order valence-corrected chi connectivity index (χ3v) is 2.83. The standard InChI is InChI=1S/C14H15N3O4/c1-2-12(13(18)19)21-14(20)11-6-7-17(16-11)10-5-3-4-9(15)8-10/h3-8,12H,2,15H2,1H3,(H,18,19). The number of rotatable bonds is 5. The van der Waals surface area contributed by atoms with Crippen molar-refractivity contribution < 1.29 is 19.4 Å². The summed E-state index contributed by atoms with van der Waals surface area (Å²) in [5.74, 6) is -1.95. The second-order valence-corrected chi connectivity index (χ2v) is 4.38. The van der Waals surface area contributed by atoms with Gasteiger partial charge in [-0.1, -0.05) is 13.0 Å². The van der Waals surface area contributed by atoms with Crippen LogP contribution in [-0.2, 0) is 9.53 Å². The molecule has 0 aliphatic carbocycles. The van der Waals surface area contributed by atoms with Gasteiger partial charge in [-0.2, -0.15) is 5.10 Å². The summed E-state index contributed by atoms with van der Waals surface area (Å²) in [4.78, 5) is 22.7. The summed E-state index contributed by atoms with van der Waals surface area (Å²) < 4.78 is 6.35. The van der Waals surface area contributed by atoms with Crippen LogP contribution in [-0.4, -0.2) is 32.9 Å². The van der Waals surface area contributed by atoms with Crippen LogP contribution in [0.3, 0.4) is 0 Å². The van der Waals surface area contributed by atoms with Crippen molar-refractivity contribution in [3.05, 3.63) is 42.2 Å². The zero-order valence-corrected chi connectivity index (χ0v) is 11.4. The fraction of sp³-hybridized carbons (Fsp3) is 0.214. The quantitative estimate of drug-likeness (QED) is 0.637. The highest BCUT2D eigenvalue weighted by molar-refractivity contribution is 5.89. The number of aromatic nitrogens is 2. The largest absolute Gasteiger partial charge is 0.479 e. The number of carboxylic acid groups (broad SMARTS) is 1. The Morgan fingerprint density at radius 1 is 1.43 bits per heavy atom. The molecule has 110 valence electrons. The Kier molecular flexibility index (Phi) is 4.22. The second kappa shape index (κ2) is 6.08. The molecule has 0 radical (unpaired) electrons. The van der Waals surface area contributed by atoms with E-state index in [2.05, 4.69) is 5.10 Å². The third-order valence-electron chi connectivity index (χ3n) is 2.83. The number of ether oxygens (including phenoxy) is 1. The predicted molar refractivity (Wildman–Crippen MR) is 75.1 cm³/mol. The predicted octanol–water partition coefficient (Wildman–Crippen LogP) is 1.47. The van der Waals surface area contributed by atoms with Crippen LogP contribution in [0.5, 0.6) is 0 Å². The van der Waals surface area contributed by atoms with E-state index in [1.54, 1.807) is 37.4 Å². The Balaban J connectivity index is 2.16. The third kappa shape index (κ3) is 3.38. The normalized spacial score (nSPS) is 11.9. The molecule has 1 aromatic carbocycles. The molecule has 0 fully saturated rings.